The first-order valence-corrected chi connectivity index (χ1v) is 7.19. The Morgan fingerprint density at radius 2 is 2.23 bits per heavy atom. The lowest BCUT2D eigenvalue weighted by Gasteiger charge is -2.09. The minimum Gasteiger partial charge on any atom is -0.461 e. The van der Waals surface area contributed by atoms with Gasteiger partial charge in [-0.25, -0.2) is 4.79 Å². The van der Waals surface area contributed by atoms with Crippen LogP contribution in [0.5, 0.6) is 0 Å². The molecule has 0 aliphatic rings. The van der Waals surface area contributed by atoms with Crippen LogP contribution in [-0.2, 0) is 11.3 Å². The maximum absolute atomic E-state index is 11.8. The highest BCUT2D eigenvalue weighted by Crippen LogP contribution is 2.20. The van der Waals surface area contributed by atoms with E-state index in [1.807, 2.05) is 30.5 Å². The Bertz CT molecular complexity index is 790. The van der Waals surface area contributed by atoms with Crippen molar-refractivity contribution in [2.75, 3.05) is 11.9 Å². The monoisotopic (exact) mass is 295 g/mol. The van der Waals surface area contributed by atoms with Crippen molar-refractivity contribution in [2.24, 2.45) is 0 Å². The van der Waals surface area contributed by atoms with E-state index in [0.29, 0.717) is 18.8 Å². The van der Waals surface area contributed by atoms with Crippen molar-refractivity contribution in [3.8, 4) is 0 Å². The van der Waals surface area contributed by atoms with Gasteiger partial charge < -0.3 is 15.0 Å². The van der Waals surface area contributed by atoms with Crippen LogP contribution < -0.4 is 5.32 Å². The van der Waals surface area contributed by atoms with Gasteiger partial charge in [0.1, 0.15) is 5.69 Å². The molecule has 0 aliphatic carbocycles. The Kier molecular flexibility index (Phi) is 4.05. The van der Waals surface area contributed by atoms with Crippen LogP contribution in [0.3, 0.4) is 0 Å². The molecular weight excluding hydrogens is 278 g/mol. The Hall–Kier alpha value is -2.82. The quantitative estimate of drug-likeness (QED) is 0.708. The predicted molar refractivity (Wildman–Crippen MR) is 85.8 cm³/mol. The number of ether oxygens (including phenoxy) is 1. The lowest BCUT2D eigenvalue weighted by atomic mass is 10.1. The molecule has 1 aromatic carbocycles. The molecule has 0 saturated carbocycles. The fraction of sp³-hybridized carbons (Fsp3) is 0.176. The van der Waals surface area contributed by atoms with E-state index in [2.05, 4.69) is 21.4 Å². The number of aromatic amines is 1. The first-order chi connectivity index (χ1) is 10.8. The standard InChI is InChI=1S/C17H17N3O2/c1-2-22-17(21)16-15(7-9-19-16)20-10-13-5-3-4-12-6-8-18-11-14(12)13/h3-9,11,19-20H,2,10H2,1H3. The van der Waals surface area contributed by atoms with Gasteiger partial charge in [-0.1, -0.05) is 18.2 Å². The summed E-state index contributed by atoms with van der Waals surface area (Å²) in [6.45, 7) is 2.75. The van der Waals surface area contributed by atoms with Crippen LogP contribution >= 0.6 is 0 Å². The second-order valence-electron chi connectivity index (χ2n) is 4.85. The summed E-state index contributed by atoms with van der Waals surface area (Å²) in [7, 11) is 0. The molecule has 0 aliphatic heterocycles. The Morgan fingerprint density at radius 1 is 1.32 bits per heavy atom. The number of aromatic nitrogens is 2. The van der Waals surface area contributed by atoms with Gasteiger partial charge in [-0.2, -0.15) is 0 Å². The molecule has 22 heavy (non-hydrogen) atoms. The Balaban J connectivity index is 1.80. The number of H-pyrrole nitrogens is 1. The van der Waals surface area contributed by atoms with Crippen molar-refractivity contribution in [3.63, 3.8) is 0 Å². The molecule has 0 saturated heterocycles. The van der Waals surface area contributed by atoms with Gasteiger partial charge in [0, 0.05) is 30.5 Å². The third-order valence-electron chi connectivity index (χ3n) is 3.47. The maximum Gasteiger partial charge on any atom is 0.356 e. The molecule has 0 atom stereocenters. The van der Waals surface area contributed by atoms with E-state index < -0.39 is 0 Å². The number of nitrogens with zero attached hydrogens (tertiary/aromatic N) is 1. The number of hydrogen-bond acceptors (Lipinski definition) is 4. The van der Waals surface area contributed by atoms with Gasteiger partial charge in [0.25, 0.3) is 0 Å². The molecule has 0 unspecified atom stereocenters. The molecule has 0 spiro atoms. The lowest BCUT2D eigenvalue weighted by Crippen LogP contribution is -2.09. The molecule has 5 heteroatoms. The summed E-state index contributed by atoms with van der Waals surface area (Å²) in [5.41, 5.74) is 2.31. The van der Waals surface area contributed by atoms with E-state index >= 15 is 0 Å². The second-order valence-corrected chi connectivity index (χ2v) is 4.85. The molecule has 3 rings (SSSR count). The minimum absolute atomic E-state index is 0.352. The molecule has 2 heterocycles. The van der Waals surface area contributed by atoms with E-state index in [1.54, 1.807) is 19.3 Å². The van der Waals surface area contributed by atoms with Crippen molar-refractivity contribution in [1.82, 2.24) is 9.97 Å². The number of hydrogen-bond donors (Lipinski definition) is 2. The molecule has 2 aromatic heterocycles. The first kappa shape index (κ1) is 14.1. The van der Waals surface area contributed by atoms with Crippen molar-refractivity contribution < 1.29 is 9.53 Å². The summed E-state index contributed by atoms with van der Waals surface area (Å²) in [6.07, 6.45) is 5.36. The van der Waals surface area contributed by atoms with E-state index in [9.17, 15) is 4.79 Å². The number of nitrogens with one attached hydrogen (secondary N) is 2. The molecule has 5 nitrogen and oxygen atoms in total. The van der Waals surface area contributed by atoms with Crippen LogP contribution in [0.25, 0.3) is 10.8 Å². The zero-order valence-corrected chi connectivity index (χ0v) is 12.3. The third kappa shape index (κ3) is 2.79. The minimum atomic E-state index is -0.352. The summed E-state index contributed by atoms with van der Waals surface area (Å²) in [5, 5.41) is 5.53. The fourth-order valence-electron chi connectivity index (χ4n) is 2.41. The molecule has 3 aromatic rings. The summed E-state index contributed by atoms with van der Waals surface area (Å²) < 4.78 is 5.03. The number of anilines is 1. The summed E-state index contributed by atoms with van der Waals surface area (Å²) in [5.74, 6) is -0.352. The number of benzene rings is 1. The molecular formula is C17H17N3O2. The number of esters is 1. The molecule has 0 bridgehead atoms. The highest BCUT2D eigenvalue weighted by atomic mass is 16.5. The van der Waals surface area contributed by atoms with E-state index in [0.717, 1.165) is 22.0 Å². The Morgan fingerprint density at radius 3 is 3.09 bits per heavy atom. The van der Waals surface area contributed by atoms with Crippen molar-refractivity contribution in [1.29, 1.82) is 0 Å². The van der Waals surface area contributed by atoms with Crippen molar-refractivity contribution >= 4 is 22.4 Å². The van der Waals surface area contributed by atoms with E-state index in [1.165, 1.54) is 0 Å². The Labute approximate surface area is 128 Å². The molecule has 2 N–H and O–H groups in total. The van der Waals surface area contributed by atoms with E-state index in [4.69, 9.17) is 4.74 Å². The topological polar surface area (TPSA) is 67.0 Å². The van der Waals surface area contributed by atoms with Gasteiger partial charge in [0.2, 0.25) is 0 Å². The average Bonchev–Trinajstić information content (AvgIpc) is 3.01. The van der Waals surface area contributed by atoms with Gasteiger partial charge in [-0.15, -0.1) is 0 Å². The number of carbonyl (C=O) groups is 1. The third-order valence-corrected chi connectivity index (χ3v) is 3.47. The van der Waals surface area contributed by atoms with Gasteiger partial charge in [-0.05, 0) is 30.0 Å². The predicted octanol–water partition coefficient (Wildman–Crippen LogP) is 3.35. The smallest absolute Gasteiger partial charge is 0.356 e. The van der Waals surface area contributed by atoms with Crippen molar-refractivity contribution in [2.45, 2.75) is 13.5 Å². The van der Waals surface area contributed by atoms with Crippen LogP contribution in [0.15, 0.2) is 48.9 Å². The zero-order valence-electron chi connectivity index (χ0n) is 12.3. The lowest BCUT2D eigenvalue weighted by molar-refractivity contribution is 0.0521. The molecule has 112 valence electrons. The maximum atomic E-state index is 11.8. The highest BCUT2D eigenvalue weighted by molar-refractivity contribution is 5.94. The van der Waals surface area contributed by atoms with Gasteiger partial charge in [-0.3, -0.25) is 4.98 Å². The largest absolute Gasteiger partial charge is 0.461 e. The van der Waals surface area contributed by atoms with Gasteiger partial charge in [0.05, 0.1) is 12.3 Å². The fourth-order valence-corrected chi connectivity index (χ4v) is 2.41. The van der Waals surface area contributed by atoms with Crippen LogP contribution in [0, 0.1) is 0 Å². The van der Waals surface area contributed by atoms with Crippen molar-refractivity contribution in [3.05, 3.63) is 60.2 Å². The number of pyridine rings is 1. The molecule has 0 amide bonds. The first-order valence-electron chi connectivity index (χ1n) is 7.19. The molecule has 0 radical (unpaired) electrons. The summed E-state index contributed by atoms with van der Waals surface area (Å²) >= 11 is 0. The molecule has 0 fully saturated rings. The number of rotatable bonds is 5. The van der Waals surface area contributed by atoms with Gasteiger partial charge >= 0.3 is 5.97 Å². The van der Waals surface area contributed by atoms with Crippen LogP contribution in [0.4, 0.5) is 5.69 Å². The van der Waals surface area contributed by atoms with E-state index in [-0.39, 0.29) is 5.97 Å². The van der Waals surface area contributed by atoms with Gasteiger partial charge in [0.15, 0.2) is 0 Å². The highest BCUT2D eigenvalue weighted by Gasteiger charge is 2.13. The van der Waals surface area contributed by atoms with Crippen LogP contribution in [-0.4, -0.2) is 22.5 Å². The van der Waals surface area contributed by atoms with Crippen LogP contribution in [0.1, 0.15) is 23.0 Å². The normalized spacial score (nSPS) is 10.6. The zero-order chi connectivity index (χ0) is 15.4. The number of carbonyl (C=O) groups excluding carboxylic acids is 1. The van der Waals surface area contributed by atoms with Crippen LogP contribution in [0.2, 0.25) is 0 Å². The average molecular weight is 295 g/mol. The number of fused-ring (bicyclic) bond motifs is 1. The summed E-state index contributed by atoms with van der Waals surface area (Å²) in [6, 6.07) is 9.94. The second kappa shape index (κ2) is 6.30. The SMILES string of the molecule is CCOC(=O)c1[nH]ccc1NCc1cccc2ccncc12. The summed E-state index contributed by atoms with van der Waals surface area (Å²) in [4.78, 5) is 18.9.